The number of rotatable bonds is 30. The Morgan fingerprint density at radius 2 is 1.05 bits per heavy atom. The zero-order valence-corrected chi connectivity index (χ0v) is 39.1. The number of anilines is 2. The highest BCUT2D eigenvalue weighted by Gasteiger charge is 2.24. The maximum atomic E-state index is 13.8. The summed E-state index contributed by atoms with van der Waals surface area (Å²) in [7, 11) is 0. The first-order valence-corrected chi connectivity index (χ1v) is 23.3. The van der Waals surface area contributed by atoms with Crippen molar-refractivity contribution in [1.82, 2.24) is 20.4 Å². The van der Waals surface area contributed by atoms with E-state index in [0.717, 1.165) is 57.8 Å². The number of carbonyl (C=O) groups excluding carboxylic acids is 6. The highest BCUT2D eigenvalue weighted by Crippen LogP contribution is 2.21. The monoisotopic (exact) mass is 938 g/mol. The normalized spacial score (nSPS) is 11.9. The van der Waals surface area contributed by atoms with Crippen molar-refractivity contribution < 1.29 is 28.8 Å². The first kappa shape index (κ1) is 54.2. The average molecular weight is 940 g/mol. The van der Waals surface area contributed by atoms with E-state index in [4.69, 9.17) is 46.1 Å². The van der Waals surface area contributed by atoms with Gasteiger partial charge in [0, 0.05) is 82.8 Å². The molecule has 3 rings (SSSR count). The molecule has 0 fully saturated rings. The molecule has 18 heteroatoms. The van der Waals surface area contributed by atoms with Crippen LogP contribution in [0.1, 0.15) is 115 Å². The SMILES string of the molecule is CCCCCCCC(=O)NCCNC(=O)c1cc(NC(=O)CN(C[C@@H](N)CCCCN)C(=O)c2cccc(Cl)c2)cc(NC(=O)CN(C[C@@H](N)CCCCN)C(=O)c2cccc(Cl)c2)c1. The van der Waals surface area contributed by atoms with Gasteiger partial charge in [-0.3, -0.25) is 28.8 Å². The number of carbonyl (C=O) groups is 6. The molecule has 0 unspecified atom stereocenters. The molecule has 0 saturated carbocycles. The van der Waals surface area contributed by atoms with Crippen LogP contribution in [0.2, 0.25) is 10.0 Å². The van der Waals surface area contributed by atoms with Crippen LogP contribution in [0.5, 0.6) is 0 Å². The van der Waals surface area contributed by atoms with E-state index < -0.39 is 54.7 Å². The van der Waals surface area contributed by atoms with Gasteiger partial charge >= 0.3 is 0 Å². The van der Waals surface area contributed by atoms with Gasteiger partial charge in [0.25, 0.3) is 17.7 Å². The average Bonchev–Trinajstić information content (AvgIpc) is 3.26. The maximum Gasteiger partial charge on any atom is 0.254 e. The fraction of sp³-hybridized carbons (Fsp3) is 0.489. The zero-order valence-electron chi connectivity index (χ0n) is 37.6. The Morgan fingerprint density at radius 3 is 1.51 bits per heavy atom. The van der Waals surface area contributed by atoms with Gasteiger partial charge in [-0.1, -0.05) is 80.8 Å². The Balaban J connectivity index is 1.86. The number of nitrogens with one attached hydrogen (secondary N) is 4. The summed E-state index contributed by atoms with van der Waals surface area (Å²) in [6.45, 7) is 2.73. The maximum absolute atomic E-state index is 13.8. The third kappa shape index (κ3) is 21.2. The van der Waals surface area contributed by atoms with Crippen LogP contribution in [0.3, 0.4) is 0 Å². The third-order valence-electron chi connectivity index (χ3n) is 10.4. The quantitative estimate of drug-likeness (QED) is 0.0402. The van der Waals surface area contributed by atoms with Crippen LogP contribution in [0.25, 0.3) is 0 Å². The second-order valence-electron chi connectivity index (χ2n) is 16.1. The van der Waals surface area contributed by atoms with Crippen LogP contribution < -0.4 is 44.2 Å². The number of nitrogens with two attached hydrogens (primary N) is 4. The smallest absolute Gasteiger partial charge is 0.254 e. The molecule has 0 aliphatic heterocycles. The molecule has 16 nitrogen and oxygen atoms in total. The molecule has 0 heterocycles. The lowest BCUT2D eigenvalue weighted by molar-refractivity contribution is -0.121. The molecule has 356 valence electrons. The van der Waals surface area contributed by atoms with E-state index in [-0.39, 0.29) is 60.2 Å². The first-order chi connectivity index (χ1) is 31.2. The predicted molar refractivity (Wildman–Crippen MR) is 259 cm³/mol. The summed E-state index contributed by atoms with van der Waals surface area (Å²) < 4.78 is 0. The van der Waals surface area contributed by atoms with Crippen molar-refractivity contribution in [3.8, 4) is 0 Å². The summed E-state index contributed by atoms with van der Waals surface area (Å²) in [4.78, 5) is 83.6. The summed E-state index contributed by atoms with van der Waals surface area (Å²) in [5.74, 6) is -2.79. The van der Waals surface area contributed by atoms with Gasteiger partial charge in [0.05, 0.1) is 0 Å². The number of nitrogens with zero attached hydrogens (tertiary/aromatic N) is 2. The molecular weight excluding hydrogens is 871 g/mol. The van der Waals surface area contributed by atoms with Gasteiger partial charge in [-0.05, 0) is 99.8 Å². The van der Waals surface area contributed by atoms with Gasteiger partial charge in [0.2, 0.25) is 17.7 Å². The van der Waals surface area contributed by atoms with Crippen molar-refractivity contribution in [3.05, 3.63) is 93.5 Å². The van der Waals surface area contributed by atoms with Crippen LogP contribution in [-0.4, -0.2) is 110 Å². The standard InChI is InChI=1S/C47H68Cl2N10O6/c1-2-3-4-5-6-19-42(60)54-22-23-55-45(63)35-26-40(56-43(61)31-58(29-38(52)17-7-9-20-50)46(64)33-13-11-15-36(48)24-33)28-41(27-35)57-44(62)32-59(30-39(53)18-8-10-21-51)47(65)34-14-12-16-37(49)25-34/h11-16,24-28,38-39H,2-10,17-23,29-32,50-53H2,1H3,(H,54,60)(H,55,63)(H,56,61)(H,57,62)/t38-,39-/m0/s1. The minimum absolute atomic E-state index is 0.0591. The largest absolute Gasteiger partial charge is 0.354 e. The fourth-order valence-electron chi connectivity index (χ4n) is 7.01. The number of unbranched alkanes of at least 4 members (excludes halogenated alkanes) is 6. The lowest BCUT2D eigenvalue weighted by atomic mass is 10.1. The van der Waals surface area contributed by atoms with E-state index in [1.54, 1.807) is 36.4 Å². The molecule has 12 N–H and O–H groups in total. The number of amides is 6. The van der Waals surface area contributed by atoms with E-state index in [9.17, 15) is 28.8 Å². The van der Waals surface area contributed by atoms with E-state index in [0.29, 0.717) is 42.4 Å². The number of hydrogen-bond acceptors (Lipinski definition) is 10. The van der Waals surface area contributed by atoms with Crippen LogP contribution in [0, 0.1) is 0 Å². The van der Waals surface area contributed by atoms with Crippen molar-refractivity contribution in [1.29, 1.82) is 0 Å². The fourth-order valence-corrected chi connectivity index (χ4v) is 7.39. The molecule has 0 aromatic heterocycles. The van der Waals surface area contributed by atoms with Crippen LogP contribution >= 0.6 is 23.2 Å². The Hall–Kier alpha value is -5.10. The van der Waals surface area contributed by atoms with Crippen LogP contribution in [0.4, 0.5) is 11.4 Å². The van der Waals surface area contributed by atoms with Gasteiger partial charge in [-0.15, -0.1) is 0 Å². The molecule has 0 aliphatic rings. The minimum Gasteiger partial charge on any atom is -0.354 e. The van der Waals surface area contributed by atoms with Crippen LogP contribution in [-0.2, 0) is 14.4 Å². The third-order valence-corrected chi connectivity index (χ3v) is 10.8. The molecule has 3 aromatic rings. The second-order valence-corrected chi connectivity index (χ2v) is 17.0. The first-order valence-electron chi connectivity index (χ1n) is 22.5. The van der Waals surface area contributed by atoms with Gasteiger partial charge in [0.15, 0.2) is 0 Å². The summed E-state index contributed by atoms with van der Waals surface area (Å²) in [6.07, 6.45) is 9.61. The van der Waals surface area contributed by atoms with Crippen molar-refractivity contribution in [2.24, 2.45) is 22.9 Å². The predicted octanol–water partition coefficient (Wildman–Crippen LogP) is 5.27. The van der Waals surface area contributed by atoms with Gasteiger partial charge in [-0.25, -0.2) is 0 Å². The molecule has 0 radical (unpaired) electrons. The Morgan fingerprint density at radius 1 is 0.569 bits per heavy atom. The molecule has 0 spiro atoms. The highest BCUT2D eigenvalue weighted by molar-refractivity contribution is 6.31. The Bertz CT molecular complexity index is 1890. The lowest BCUT2D eigenvalue weighted by Gasteiger charge is -2.26. The van der Waals surface area contributed by atoms with Crippen molar-refractivity contribution in [3.63, 3.8) is 0 Å². The number of benzene rings is 3. The summed E-state index contributed by atoms with van der Waals surface area (Å²) in [5, 5.41) is 11.8. The van der Waals surface area contributed by atoms with Crippen LogP contribution in [0.15, 0.2) is 66.7 Å². The highest BCUT2D eigenvalue weighted by atomic mass is 35.5. The molecule has 65 heavy (non-hydrogen) atoms. The van der Waals surface area contributed by atoms with Crippen molar-refractivity contribution in [2.75, 3.05) is 63.0 Å². The molecule has 0 aliphatic carbocycles. The Kier molecular flexibility index (Phi) is 25.2. The minimum atomic E-state index is -0.608. The molecule has 2 atom stereocenters. The topological polar surface area (TPSA) is 261 Å². The zero-order chi connectivity index (χ0) is 47.6. The molecular formula is C47H68Cl2N10O6. The molecule has 0 bridgehead atoms. The summed E-state index contributed by atoms with van der Waals surface area (Å²) in [6, 6.07) is 16.1. The van der Waals surface area contributed by atoms with Crippen molar-refractivity contribution >= 4 is 70.0 Å². The van der Waals surface area contributed by atoms with E-state index in [2.05, 4.69) is 28.2 Å². The van der Waals surface area contributed by atoms with E-state index >= 15 is 0 Å². The summed E-state index contributed by atoms with van der Waals surface area (Å²) in [5.41, 5.74) is 25.0. The van der Waals surface area contributed by atoms with Gasteiger partial charge in [-0.2, -0.15) is 0 Å². The summed E-state index contributed by atoms with van der Waals surface area (Å²) >= 11 is 12.4. The second kappa shape index (κ2) is 30.2. The van der Waals surface area contributed by atoms with E-state index in [1.807, 2.05) is 0 Å². The van der Waals surface area contributed by atoms with Gasteiger partial charge < -0.3 is 54.0 Å². The molecule has 6 amide bonds. The van der Waals surface area contributed by atoms with Gasteiger partial charge in [0.1, 0.15) is 13.1 Å². The number of hydrogen-bond donors (Lipinski definition) is 8. The molecule has 0 saturated heterocycles. The van der Waals surface area contributed by atoms with E-state index in [1.165, 1.54) is 40.1 Å². The Labute approximate surface area is 393 Å². The number of halogens is 2. The van der Waals surface area contributed by atoms with Crippen molar-refractivity contribution in [2.45, 2.75) is 96.1 Å². The molecule has 3 aromatic carbocycles. The lowest BCUT2D eigenvalue weighted by Crippen LogP contribution is -2.45.